The molecule has 1 atom stereocenters. The fourth-order valence-corrected chi connectivity index (χ4v) is 4.77. The lowest BCUT2D eigenvalue weighted by Crippen LogP contribution is -2.39. The summed E-state index contributed by atoms with van der Waals surface area (Å²) in [4.78, 5) is 14.6. The van der Waals surface area contributed by atoms with Crippen LogP contribution in [0.25, 0.3) is 0 Å². The lowest BCUT2D eigenvalue weighted by atomic mass is 10.2. The normalized spacial score (nSPS) is 16.1. The second-order valence-electron chi connectivity index (χ2n) is 7.34. The van der Waals surface area contributed by atoms with Crippen molar-refractivity contribution in [3.63, 3.8) is 0 Å². The number of benzene rings is 2. The Balaban J connectivity index is 1.60. The predicted octanol–water partition coefficient (Wildman–Crippen LogP) is 3.07. The second-order valence-corrected chi connectivity index (χ2v) is 9.28. The quantitative estimate of drug-likeness (QED) is 0.749. The number of nitrogens with one attached hydrogen (secondary N) is 1. The highest BCUT2D eigenvalue weighted by molar-refractivity contribution is 7.89. The van der Waals surface area contributed by atoms with Crippen molar-refractivity contribution in [2.24, 2.45) is 0 Å². The Bertz CT molecular complexity index is 940. The summed E-state index contributed by atoms with van der Waals surface area (Å²) in [5.74, 6) is -0.498. The third-order valence-corrected chi connectivity index (χ3v) is 7.12. The Morgan fingerprint density at radius 1 is 1.10 bits per heavy atom. The number of nitrogens with zero attached hydrogens (tertiary/aromatic N) is 2. The Morgan fingerprint density at radius 3 is 2.28 bits per heavy atom. The maximum absolute atomic E-state index is 13.0. The number of carbonyl (C=O) groups is 1. The number of anilines is 1. The minimum Gasteiger partial charge on any atom is -0.325 e. The highest BCUT2D eigenvalue weighted by Gasteiger charge is 2.27. The molecule has 2 aromatic rings. The topological polar surface area (TPSA) is 69.7 Å². The van der Waals surface area contributed by atoms with Gasteiger partial charge in [0.1, 0.15) is 5.82 Å². The number of hydrogen-bond acceptors (Lipinski definition) is 4. The molecule has 0 bridgehead atoms. The van der Waals surface area contributed by atoms with Crippen molar-refractivity contribution in [2.45, 2.75) is 37.2 Å². The zero-order valence-electron chi connectivity index (χ0n) is 16.6. The number of halogens is 1. The average Bonchev–Trinajstić information content (AvgIpc) is 3.25. The molecule has 29 heavy (non-hydrogen) atoms. The molecule has 0 aromatic heterocycles. The molecular formula is C21H26FN3O3S. The van der Waals surface area contributed by atoms with E-state index in [-0.39, 0.29) is 16.6 Å². The molecule has 0 spiro atoms. The third-order valence-electron chi connectivity index (χ3n) is 5.21. The van der Waals surface area contributed by atoms with E-state index in [9.17, 15) is 17.6 Å². The van der Waals surface area contributed by atoms with Crippen molar-refractivity contribution in [1.82, 2.24) is 9.21 Å². The number of likely N-dealkylation sites (N-methyl/N-ethyl adjacent to an activating group) is 1. The average molecular weight is 420 g/mol. The van der Waals surface area contributed by atoms with E-state index in [0.29, 0.717) is 25.3 Å². The van der Waals surface area contributed by atoms with Crippen molar-refractivity contribution >= 4 is 21.6 Å². The lowest BCUT2D eigenvalue weighted by Gasteiger charge is -2.24. The molecule has 0 aliphatic carbocycles. The van der Waals surface area contributed by atoms with Gasteiger partial charge in [-0.3, -0.25) is 9.69 Å². The summed E-state index contributed by atoms with van der Waals surface area (Å²) in [6.07, 6.45) is 1.77. The molecule has 1 amide bonds. The van der Waals surface area contributed by atoms with Crippen LogP contribution in [0.5, 0.6) is 0 Å². The first kappa shape index (κ1) is 21.4. The minimum absolute atomic E-state index is 0.204. The molecule has 156 valence electrons. The van der Waals surface area contributed by atoms with Crippen LogP contribution in [-0.4, -0.2) is 49.7 Å². The Kier molecular flexibility index (Phi) is 6.66. The highest BCUT2D eigenvalue weighted by atomic mass is 32.2. The minimum atomic E-state index is -3.47. The SMILES string of the molecule is C[C@H](C(=O)Nc1ccc(S(=O)(=O)N2CCCC2)cc1)N(C)Cc1ccc(F)cc1. The van der Waals surface area contributed by atoms with Gasteiger partial charge in [-0.15, -0.1) is 0 Å². The number of amides is 1. The number of hydrogen-bond donors (Lipinski definition) is 1. The van der Waals surface area contributed by atoms with Crippen LogP contribution in [0.4, 0.5) is 10.1 Å². The van der Waals surface area contributed by atoms with Gasteiger partial charge in [0.2, 0.25) is 15.9 Å². The maximum atomic E-state index is 13.0. The van der Waals surface area contributed by atoms with Crippen LogP contribution in [0.15, 0.2) is 53.4 Å². The first-order valence-corrected chi connectivity index (χ1v) is 11.1. The molecule has 1 fully saturated rings. The van der Waals surface area contributed by atoms with Crippen LogP contribution in [0.1, 0.15) is 25.3 Å². The van der Waals surface area contributed by atoms with Gasteiger partial charge in [0.15, 0.2) is 0 Å². The molecule has 1 aliphatic rings. The molecule has 3 rings (SSSR count). The number of rotatable bonds is 7. The molecule has 1 heterocycles. The first-order chi connectivity index (χ1) is 13.8. The fraction of sp³-hybridized carbons (Fsp3) is 0.381. The molecule has 1 aliphatic heterocycles. The summed E-state index contributed by atoms with van der Waals surface area (Å²) in [5.41, 5.74) is 1.45. The van der Waals surface area contributed by atoms with E-state index in [1.165, 1.54) is 28.6 Å². The van der Waals surface area contributed by atoms with Crippen molar-refractivity contribution in [3.05, 3.63) is 59.9 Å². The van der Waals surface area contributed by atoms with Crippen LogP contribution in [0.2, 0.25) is 0 Å². The van der Waals surface area contributed by atoms with Gasteiger partial charge in [0, 0.05) is 25.3 Å². The van der Waals surface area contributed by atoms with Crippen molar-refractivity contribution in [3.8, 4) is 0 Å². The van der Waals surface area contributed by atoms with E-state index in [1.807, 2.05) is 11.9 Å². The zero-order chi connectivity index (χ0) is 21.0. The molecule has 6 nitrogen and oxygen atoms in total. The standard InChI is InChI=1S/C21H26FN3O3S/c1-16(24(2)15-17-5-7-18(22)8-6-17)21(26)23-19-9-11-20(12-10-19)29(27,28)25-13-3-4-14-25/h5-12,16H,3-4,13-15H2,1-2H3,(H,23,26)/t16-/m1/s1. The van der Waals surface area contributed by atoms with Crippen LogP contribution >= 0.6 is 0 Å². The smallest absolute Gasteiger partial charge is 0.243 e. The van der Waals surface area contributed by atoms with E-state index < -0.39 is 16.1 Å². The van der Waals surface area contributed by atoms with Gasteiger partial charge < -0.3 is 5.32 Å². The van der Waals surface area contributed by atoms with E-state index in [2.05, 4.69) is 5.32 Å². The molecule has 8 heteroatoms. The Labute approximate surface area is 171 Å². The molecule has 1 saturated heterocycles. The van der Waals surface area contributed by atoms with E-state index in [4.69, 9.17) is 0 Å². The highest BCUT2D eigenvalue weighted by Crippen LogP contribution is 2.22. The van der Waals surface area contributed by atoms with Gasteiger partial charge in [-0.05, 0) is 68.8 Å². The van der Waals surface area contributed by atoms with E-state index >= 15 is 0 Å². The largest absolute Gasteiger partial charge is 0.325 e. The van der Waals surface area contributed by atoms with Crippen molar-refractivity contribution in [2.75, 3.05) is 25.5 Å². The van der Waals surface area contributed by atoms with Crippen molar-refractivity contribution in [1.29, 1.82) is 0 Å². The summed E-state index contributed by atoms with van der Waals surface area (Å²) in [6.45, 7) is 3.39. The fourth-order valence-electron chi connectivity index (χ4n) is 3.25. The summed E-state index contributed by atoms with van der Waals surface area (Å²) < 4.78 is 39.7. The van der Waals surface area contributed by atoms with Crippen molar-refractivity contribution < 1.29 is 17.6 Å². The first-order valence-electron chi connectivity index (χ1n) is 9.63. The Hall–Kier alpha value is -2.29. The Morgan fingerprint density at radius 2 is 1.69 bits per heavy atom. The predicted molar refractivity (Wildman–Crippen MR) is 110 cm³/mol. The number of carbonyl (C=O) groups excluding carboxylic acids is 1. The maximum Gasteiger partial charge on any atom is 0.243 e. The van der Waals surface area contributed by atoms with E-state index in [0.717, 1.165) is 18.4 Å². The van der Waals surface area contributed by atoms with Gasteiger partial charge in [-0.25, -0.2) is 12.8 Å². The van der Waals surface area contributed by atoms with Gasteiger partial charge in [-0.2, -0.15) is 4.31 Å². The van der Waals surface area contributed by atoms with E-state index in [1.54, 1.807) is 31.2 Å². The summed E-state index contributed by atoms with van der Waals surface area (Å²) >= 11 is 0. The summed E-state index contributed by atoms with van der Waals surface area (Å²) in [7, 11) is -1.65. The van der Waals surface area contributed by atoms with Crippen LogP contribution in [-0.2, 0) is 21.4 Å². The van der Waals surface area contributed by atoms with Gasteiger partial charge >= 0.3 is 0 Å². The molecule has 1 N–H and O–H groups in total. The molecule has 0 saturated carbocycles. The van der Waals surface area contributed by atoms with Gasteiger partial charge in [-0.1, -0.05) is 12.1 Å². The number of sulfonamides is 1. The van der Waals surface area contributed by atoms with Crippen LogP contribution < -0.4 is 5.32 Å². The zero-order valence-corrected chi connectivity index (χ0v) is 17.5. The van der Waals surface area contributed by atoms with Crippen LogP contribution in [0.3, 0.4) is 0 Å². The summed E-state index contributed by atoms with van der Waals surface area (Å²) in [5, 5.41) is 2.82. The van der Waals surface area contributed by atoms with Gasteiger partial charge in [0.25, 0.3) is 0 Å². The molecular weight excluding hydrogens is 393 g/mol. The molecule has 2 aromatic carbocycles. The van der Waals surface area contributed by atoms with Crippen LogP contribution in [0, 0.1) is 5.82 Å². The summed E-state index contributed by atoms with van der Waals surface area (Å²) in [6, 6.07) is 12.0. The molecule has 0 radical (unpaired) electrons. The third kappa shape index (κ3) is 5.20. The molecule has 0 unspecified atom stereocenters. The monoisotopic (exact) mass is 419 g/mol. The van der Waals surface area contributed by atoms with Gasteiger partial charge in [0.05, 0.1) is 10.9 Å². The lowest BCUT2D eigenvalue weighted by molar-refractivity contribution is -0.120. The second kappa shape index (κ2) is 9.02.